The van der Waals surface area contributed by atoms with Gasteiger partial charge in [-0.15, -0.1) is 0 Å². The Bertz CT molecular complexity index is 1200. The largest absolute Gasteiger partial charge is 0.378 e. The minimum absolute atomic E-state index is 0.0184. The second-order valence-corrected chi connectivity index (χ2v) is 9.16. The van der Waals surface area contributed by atoms with Crippen LogP contribution in [0.25, 0.3) is 0 Å². The number of hydrogen-bond donors (Lipinski definition) is 1. The summed E-state index contributed by atoms with van der Waals surface area (Å²) in [6.45, 7) is 0.384. The van der Waals surface area contributed by atoms with E-state index in [2.05, 4.69) is 10.3 Å². The highest BCUT2D eigenvalue weighted by Gasteiger charge is 2.41. The SMILES string of the molecule is Cn1cnc(S(=O)(=O)N2C[C@@H](Nc3cc(C#N)ccc3F)[C@H](c3ccccc3)C2)c1. The van der Waals surface area contributed by atoms with E-state index in [1.54, 1.807) is 11.6 Å². The molecule has 2 aromatic carbocycles. The lowest BCUT2D eigenvalue weighted by atomic mass is 9.94. The highest BCUT2D eigenvalue weighted by atomic mass is 32.2. The van der Waals surface area contributed by atoms with E-state index in [1.165, 1.54) is 35.0 Å². The number of nitrogens with zero attached hydrogens (tertiary/aromatic N) is 4. The molecule has 1 aliphatic heterocycles. The maximum Gasteiger partial charge on any atom is 0.262 e. The number of rotatable bonds is 5. The zero-order valence-corrected chi connectivity index (χ0v) is 17.1. The average molecular weight is 425 g/mol. The van der Waals surface area contributed by atoms with Crippen LogP contribution in [-0.2, 0) is 17.1 Å². The average Bonchev–Trinajstić information content (AvgIpc) is 3.37. The van der Waals surface area contributed by atoms with Crippen molar-refractivity contribution in [1.29, 1.82) is 5.26 Å². The van der Waals surface area contributed by atoms with Gasteiger partial charge in [0, 0.05) is 38.3 Å². The van der Waals surface area contributed by atoms with E-state index >= 15 is 0 Å². The molecule has 4 rings (SSSR count). The molecule has 9 heteroatoms. The lowest BCUT2D eigenvalue weighted by Gasteiger charge is -2.21. The maximum absolute atomic E-state index is 14.4. The Morgan fingerprint density at radius 1 is 1.20 bits per heavy atom. The monoisotopic (exact) mass is 425 g/mol. The summed E-state index contributed by atoms with van der Waals surface area (Å²) < 4.78 is 43.5. The van der Waals surface area contributed by atoms with E-state index in [-0.39, 0.29) is 35.8 Å². The molecule has 0 radical (unpaired) electrons. The lowest BCUT2D eigenvalue weighted by Crippen LogP contribution is -2.32. The van der Waals surface area contributed by atoms with E-state index in [0.29, 0.717) is 5.56 Å². The van der Waals surface area contributed by atoms with Gasteiger partial charge in [0.05, 0.1) is 23.6 Å². The fourth-order valence-electron chi connectivity index (χ4n) is 3.71. The molecule has 2 atom stereocenters. The molecule has 0 bridgehead atoms. The third kappa shape index (κ3) is 3.79. The number of aryl methyl sites for hydroxylation is 1. The van der Waals surface area contributed by atoms with Gasteiger partial charge in [-0.05, 0) is 23.8 Å². The number of halogens is 1. The fraction of sp³-hybridized carbons (Fsp3) is 0.238. The van der Waals surface area contributed by atoms with Crippen LogP contribution in [0, 0.1) is 17.1 Å². The molecule has 0 spiro atoms. The predicted octanol–water partition coefficient (Wildman–Crippen LogP) is 2.70. The Kier molecular flexibility index (Phi) is 5.28. The molecular formula is C21H20FN5O2S. The van der Waals surface area contributed by atoms with Crippen molar-refractivity contribution in [2.45, 2.75) is 17.0 Å². The first-order chi connectivity index (χ1) is 14.4. The Hall–Kier alpha value is -3.22. The maximum atomic E-state index is 14.4. The number of benzene rings is 2. The summed E-state index contributed by atoms with van der Waals surface area (Å²) in [6, 6.07) is 15.2. The van der Waals surface area contributed by atoms with Crippen LogP contribution in [-0.4, -0.2) is 41.4 Å². The van der Waals surface area contributed by atoms with E-state index in [1.807, 2.05) is 36.4 Å². The Balaban J connectivity index is 1.68. The van der Waals surface area contributed by atoms with Crippen molar-refractivity contribution in [3.8, 4) is 6.07 Å². The van der Waals surface area contributed by atoms with Crippen molar-refractivity contribution in [2.24, 2.45) is 7.05 Å². The van der Waals surface area contributed by atoms with Gasteiger partial charge in [-0.25, -0.2) is 17.8 Å². The molecule has 0 saturated carbocycles. The van der Waals surface area contributed by atoms with Gasteiger partial charge in [0.2, 0.25) is 0 Å². The van der Waals surface area contributed by atoms with E-state index in [9.17, 15) is 12.8 Å². The van der Waals surface area contributed by atoms with Crippen molar-refractivity contribution >= 4 is 15.7 Å². The Labute approximate surface area is 174 Å². The smallest absolute Gasteiger partial charge is 0.262 e. The summed E-state index contributed by atoms with van der Waals surface area (Å²) in [4.78, 5) is 3.99. The second kappa shape index (κ2) is 7.89. The van der Waals surface area contributed by atoms with Crippen LogP contribution in [0.15, 0.2) is 66.1 Å². The van der Waals surface area contributed by atoms with Gasteiger partial charge in [-0.2, -0.15) is 9.57 Å². The number of nitriles is 1. The molecule has 0 unspecified atom stereocenters. The summed E-state index contributed by atoms with van der Waals surface area (Å²) in [6.07, 6.45) is 2.90. The molecule has 0 aliphatic carbocycles. The van der Waals surface area contributed by atoms with Crippen LogP contribution in [0.4, 0.5) is 10.1 Å². The fourth-order valence-corrected chi connectivity index (χ4v) is 5.17. The van der Waals surface area contributed by atoms with Crippen LogP contribution in [0.5, 0.6) is 0 Å². The van der Waals surface area contributed by atoms with Crippen molar-refractivity contribution in [3.05, 3.63) is 78.0 Å². The second-order valence-electron chi connectivity index (χ2n) is 7.27. The summed E-state index contributed by atoms with van der Waals surface area (Å²) in [5, 5.41) is 12.2. The van der Waals surface area contributed by atoms with E-state index in [0.717, 1.165) is 5.56 Å². The topological polar surface area (TPSA) is 91.0 Å². The van der Waals surface area contributed by atoms with Gasteiger partial charge in [0.1, 0.15) is 5.82 Å². The third-order valence-electron chi connectivity index (χ3n) is 5.24. The molecule has 30 heavy (non-hydrogen) atoms. The molecule has 1 aliphatic rings. The number of sulfonamides is 1. The molecule has 1 fully saturated rings. The molecule has 3 aromatic rings. The van der Waals surface area contributed by atoms with Gasteiger partial charge >= 0.3 is 0 Å². The number of anilines is 1. The summed E-state index contributed by atoms with van der Waals surface area (Å²) >= 11 is 0. The van der Waals surface area contributed by atoms with Crippen molar-refractivity contribution in [3.63, 3.8) is 0 Å². The lowest BCUT2D eigenvalue weighted by molar-refractivity contribution is 0.468. The molecule has 1 N–H and O–H groups in total. The number of nitrogens with one attached hydrogen (secondary N) is 1. The number of aromatic nitrogens is 2. The summed E-state index contributed by atoms with van der Waals surface area (Å²) in [5.74, 6) is -0.693. The normalized spacial score (nSPS) is 19.5. The van der Waals surface area contributed by atoms with Gasteiger partial charge < -0.3 is 9.88 Å². The van der Waals surface area contributed by atoms with Crippen LogP contribution in [0.2, 0.25) is 0 Å². The first-order valence-electron chi connectivity index (χ1n) is 9.38. The van der Waals surface area contributed by atoms with Crippen molar-refractivity contribution < 1.29 is 12.8 Å². The van der Waals surface area contributed by atoms with Gasteiger partial charge in [-0.3, -0.25) is 0 Å². The van der Waals surface area contributed by atoms with Crippen LogP contribution >= 0.6 is 0 Å². The van der Waals surface area contributed by atoms with Crippen LogP contribution in [0.3, 0.4) is 0 Å². The highest BCUT2D eigenvalue weighted by Crippen LogP contribution is 2.33. The first kappa shape index (κ1) is 20.1. The van der Waals surface area contributed by atoms with Crippen LogP contribution in [0.1, 0.15) is 17.0 Å². The minimum Gasteiger partial charge on any atom is -0.378 e. The van der Waals surface area contributed by atoms with E-state index in [4.69, 9.17) is 5.26 Å². The van der Waals surface area contributed by atoms with Gasteiger partial charge in [-0.1, -0.05) is 30.3 Å². The van der Waals surface area contributed by atoms with E-state index < -0.39 is 15.8 Å². The Morgan fingerprint density at radius 2 is 1.97 bits per heavy atom. The molecule has 2 heterocycles. The zero-order chi connectivity index (χ0) is 21.3. The third-order valence-corrected chi connectivity index (χ3v) is 6.95. The summed E-state index contributed by atoms with van der Waals surface area (Å²) in [5.41, 5.74) is 1.45. The molecule has 154 valence electrons. The molecule has 0 amide bonds. The minimum atomic E-state index is -3.79. The number of imidazole rings is 1. The standard InChI is InChI=1S/C21H20FN5O2S/c1-26-13-21(24-14-26)30(28,29)27-11-17(16-5-3-2-4-6-16)20(12-27)25-19-9-15(10-23)7-8-18(19)22/h2-9,13-14,17,20,25H,11-12H2,1H3/t17-,20+/m0/s1. The van der Waals surface area contributed by atoms with Gasteiger partial charge in [0.25, 0.3) is 10.0 Å². The van der Waals surface area contributed by atoms with Crippen molar-refractivity contribution in [2.75, 3.05) is 18.4 Å². The van der Waals surface area contributed by atoms with Crippen LogP contribution < -0.4 is 5.32 Å². The van der Waals surface area contributed by atoms with Gasteiger partial charge in [0.15, 0.2) is 5.03 Å². The number of hydrogen-bond acceptors (Lipinski definition) is 5. The molecular weight excluding hydrogens is 405 g/mol. The van der Waals surface area contributed by atoms with Crippen molar-refractivity contribution in [1.82, 2.24) is 13.9 Å². The molecule has 1 aromatic heterocycles. The highest BCUT2D eigenvalue weighted by molar-refractivity contribution is 7.89. The predicted molar refractivity (Wildman–Crippen MR) is 110 cm³/mol. The first-order valence-corrected chi connectivity index (χ1v) is 10.8. The Morgan fingerprint density at radius 3 is 2.63 bits per heavy atom. The zero-order valence-electron chi connectivity index (χ0n) is 16.2. The summed E-state index contributed by atoms with van der Waals surface area (Å²) in [7, 11) is -2.09. The molecule has 7 nitrogen and oxygen atoms in total. The molecule has 1 saturated heterocycles. The quantitative estimate of drug-likeness (QED) is 0.679.